The number of carbonyl (C=O) groups is 1. The van der Waals surface area contributed by atoms with Crippen LogP contribution in [0.25, 0.3) is 0 Å². The van der Waals surface area contributed by atoms with Crippen molar-refractivity contribution in [3.8, 4) is 0 Å². The van der Waals surface area contributed by atoms with Crippen LogP contribution in [0, 0.1) is 5.82 Å². The van der Waals surface area contributed by atoms with Crippen molar-refractivity contribution in [2.75, 3.05) is 32.7 Å². The molecule has 4 nitrogen and oxygen atoms in total. The molecule has 0 saturated carbocycles. The Labute approximate surface area is 164 Å². The van der Waals surface area contributed by atoms with Crippen LogP contribution in [0.1, 0.15) is 24.1 Å². The van der Waals surface area contributed by atoms with Gasteiger partial charge >= 0.3 is 0 Å². The van der Waals surface area contributed by atoms with Crippen molar-refractivity contribution >= 4 is 17.5 Å². The molecule has 0 bridgehead atoms. The van der Waals surface area contributed by atoms with Crippen molar-refractivity contribution in [1.82, 2.24) is 4.90 Å². The lowest BCUT2D eigenvalue weighted by Crippen LogP contribution is -3.13. The van der Waals surface area contributed by atoms with Gasteiger partial charge in [-0.1, -0.05) is 48.0 Å². The number of quaternary nitrogens is 2. The van der Waals surface area contributed by atoms with Crippen molar-refractivity contribution in [3.63, 3.8) is 0 Å². The van der Waals surface area contributed by atoms with E-state index in [1.165, 1.54) is 11.0 Å². The quantitative estimate of drug-likeness (QED) is 0.758. The van der Waals surface area contributed by atoms with Crippen LogP contribution in [0.15, 0.2) is 48.5 Å². The molecule has 2 aromatic rings. The number of halogens is 2. The molecule has 1 atom stereocenters. The predicted molar refractivity (Wildman–Crippen MR) is 104 cm³/mol. The molecule has 0 radical (unpaired) electrons. The van der Waals surface area contributed by atoms with E-state index in [4.69, 9.17) is 11.6 Å². The van der Waals surface area contributed by atoms with Gasteiger partial charge in [0.2, 0.25) is 0 Å². The zero-order valence-electron chi connectivity index (χ0n) is 15.6. The smallest absolute Gasteiger partial charge is 0.278 e. The van der Waals surface area contributed by atoms with E-state index >= 15 is 0 Å². The molecule has 1 fully saturated rings. The molecule has 2 aromatic carbocycles. The van der Waals surface area contributed by atoms with E-state index in [2.05, 4.69) is 6.92 Å². The summed E-state index contributed by atoms with van der Waals surface area (Å²) in [5.74, 6) is 0.00510. The Morgan fingerprint density at radius 2 is 1.85 bits per heavy atom. The summed E-state index contributed by atoms with van der Waals surface area (Å²) < 4.78 is 13.8. The molecule has 1 saturated heterocycles. The second-order valence-electron chi connectivity index (χ2n) is 7.15. The maximum atomic E-state index is 13.8. The minimum Gasteiger partial charge on any atom is -0.332 e. The number of benzene rings is 2. The van der Waals surface area contributed by atoms with Crippen molar-refractivity contribution in [2.24, 2.45) is 0 Å². The fourth-order valence-corrected chi connectivity index (χ4v) is 3.85. The number of nitrogens with zero attached hydrogens (tertiary/aromatic N) is 1. The van der Waals surface area contributed by atoms with E-state index in [1.807, 2.05) is 46.6 Å². The average molecular weight is 392 g/mol. The number of hydrogen-bond acceptors (Lipinski definition) is 1. The van der Waals surface area contributed by atoms with Crippen molar-refractivity contribution < 1.29 is 19.4 Å². The molecule has 0 aliphatic carbocycles. The standard InChI is InChI=1S/C21H25ClFN3O/c1-16(18-7-3-4-8-19(18)22)24-14-21(27)26-12-10-25(11-13-26)15-17-6-2-5-9-20(17)23/h2-9,16,24H,10-15H2,1H3/p+2/t16-/m1/s1. The number of nitrogens with two attached hydrogens (primary N) is 1. The summed E-state index contributed by atoms with van der Waals surface area (Å²) in [6.07, 6.45) is 0. The Bertz CT molecular complexity index is 778. The maximum absolute atomic E-state index is 13.8. The lowest BCUT2D eigenvalue weighted by Gasteiger charge is -2.32. The van der Waals surface area contributed by atoms with E-state index in [1.54, 1.807) is 6.07 Å². The highest BCUT2D eigenvalue weighted by Gasteiger charge is 2.25. The van der Waals surface area contributed by atoms with Crippen molar-refractivity contribution in [1.29, 1.82) is 0 Å². The van der Waals surface area contributed by atoms with Gasteiger partial charge in [0.25, 0.3) is 5.91 Å². The van der Waals surface area contributed by atoms with Gasteiger partial charge < -0.3 is 15.1 Å². The molecule has 1 aliphatic rings. The molecule has 0 spiro atoms. The molecule has 3 N–H and O–H groups in total. The Balaban J connectivity index is 1.45. The van der Waals surface area contributed by atoms with Gasteiger partial charge in [0.1, 0.15) is 18.4 Å². The summed E-state index contributed by atoms with van der Waals surface area (Å²) in [6.45, 7) is 6.28. The van der Waals surface area contributed by atoms with Crippen LogP contribution < -0.4 is 10.2 Å². The van der Waals surface area contributed by atoms with Crippen LogP contribution in [0.2, 0.25) is 5.02 Å². The monoisotopic (exact) mass is 391 g/mol. The fraction of sp³-hybridized carbons (Fsp3) is 0.381. The highest BCUT2D eigenvalue weighted by Crippen LogP contribution is 2.19. The SMILES string of the molecule is C[C@@H]([NH2+]CC(=O)N1CC[NH+](Cc2ccccc2F)CC1)c1ccccc1Cl. The highest BCUT2D eigenvalue weighted by molar-refractivity contribution is 6.31. The third kappa shape index (κ3) is 5.28. The Kier molecular flexibility index (Phi) is 6.83. The van der Waals surface area contributed by atoms with Gasteiger partial charge in [-0.05, 0) is 19.1 Å². The molecule has 144 valence electrons. The summed E-state index contributed by atoms with van der Waals surface area (Å²) in [7, 11) is 0. The number of hydrogen-bond donors (Lipinski definition) is 2. The Hall–Kier alpha value is -1.95. The molecule has 1 aliphatic heterocycles. The Morgan fingerprint density at radius 3 is 2.56 bits per heavy atom. The first-order valence-electron chi connectivity index (χ1n) is 9.47. The second-order valence-corrected chi connectivity index (χ2v) is 7.56. The molecular formula is C21H27ClFN3O+2. The van der Waals surface area contributed by atoms with Crippen LogP contribution in [0.4, 0.5) is 4.39 Å². The first-order chi connectivity index (χ1) is 13.0. The fourth-order valence-electron chi connectivity index (χ4n) is 3.54. The van der Waals surface area contributed by atoms with E-state index in [9.17, 15) is 9.18 Å². The van der Waals surface area contributed by atoms with Gasteiger partial charge in [0.05, 0.1) is 26.2 Å². The van der Waals surface area contributed by atoms with Crippen molar-refractivity contribution in [2.45, 2.75) is 19.5 Å². The summed E-state index contributed by atoms with van der Waals surface area (Å²) in [5, 5.41) is 2.77. The number of rotatable bonds is 6. The minimum absolute atomic E-state index is 0.135. The lowest BCUT2D eigenvalue weighted by atomic mass is 10.1. The number of carbonyl (C=O) groups excluding carboxylic acids is 1. The van der Waals surface area contributed by atoms with Gasteiger partial charge in [-0.3, -0.25) is 4.79 Å². The van der Waals surface area contributed by atoms with Crippen LogP contribution in [0.5, 0.6) is 0 Å². The van der Waals surface area contributed by atoms with Crippen LogP contribution in [-0.4, -0.2) is 43.5 Å². The molecule has 1 amide bonds. The normalized spacial score (nSPS) is 16.3. The van der Waals surface area contributed by atoms with Crippen LogP contribution in [-0.2, 0) is 11.3 Å². The van der Waals surface area contributed by atoms with Crippen molar-refractivity contribution in [3.05, 3.63) is 70.5 Å². The molecule has 3 rings (SSSR count). The highest BCUT2D eigenvalue weighted by atomic mass is 35.5. The van der Waals surface area contributed by atoms with Gasteiger partial charge in [-0.25, -0.2) is 4.39 Å². The number of amides is 1. The summed E-state index contributed by atoms with van der Waals surface area (Å²) in [6, 6.07) is 14.8. The van der Waals surface area contributed by atoms with Crippen LogP contribution in [0.3, 0.4) is 0 Å². The zero-order valence-corrected chi connectivity index (χ0v) is 16.4. The third-order valence-corrected chi connectivity index (χ3v) is 5.61. The third-order valence-electron chi connectivity index (χ3n) is 5.26. The van der Waals surface area contributed by atoms with Gasteiger partial charge in [-0.2, -0.15) is 0 Å². The zero-order chi connectivity index (χ0) is 19.2. The average Bonchev–Trinajstić information content (AvgIpc) is 2.68. The van der Waals surface area contributed by atoms with Crippen LogP contribution >= 0.6 is 11.6 Å². The molecule has 0 aromatic heterocycles. The van der Waals surface area contributed by atoms with Gasteiger partial charge in [0, 0.05) is 16.1 Å². The second kappa shape index (κ2) is 9.31. The van der Waals surface area contributed by atoms with E-state index in [0.717, 1.165) is 42.3 Å². The maximum Gasteiger partial charge on any atom is 0.278 e. The number of nitrogens with one attached hydrogen (secondary N) is 1. The van der Waals surface area contributed by atoms with E-state index < -0.39 is 0 Å². The summed E-state index contributed by atoms with van der Waals surface area (Å²) in [5.41, 5.74) is 1.79. The topological polar surface area (TPSA) is 41.4 Å². The number of piperazine rings is 1. The van der Waals surface area contributed by atoms with E-state index in [-0.39, 0.29) is 17.8 Å². The largest absolute Gasteiger partial charge is 0.332 e. The minimum atomic E-state index is -0.147. The summed E-state index contributed by atoms with van der Waals surface area (Å²) >= 11 is 6.23. The summed E-state index contributed by atoms with van der Waals surface area (Å²) in [4.78, 5) is 15.8. The lowest BCUT2D eigenvalue weighted by molar-refractivity contribution is -0.917. The molecule has 0 unspecified atom stereocenters. The Morgan fingerprint density at radius 1 is 1.19 bits per heavy atom. The van der Waals surface area contributed by atoms with Gasteiger partial charge in [0.15, 0.2) is 6.54 Å². The molecule has 27 heavy (non-hydrogen) atoms. The van der Waals surface area contributed by atoms with Gasteiger partial charge in [-0.15, -0.1) is 0 Å². The first kappa shape index (κ1) is 19.8. The molecule has 1 heterocycles. The molecule has 6 heteroatoms. The first-order valence-corrected chi connectivity index (χ1v) is 9.85. The molecular weight excluding hydrogens is 365 g/mol. The predicted octanol–water partition coefficient (Wildman–Crippen LogP) is 1.03. The van der Waals surface area contributed by atoms with E-state index in [0.29, 0.717) is 13.1 Å².